The van der Waals surface area contributed by atoms with E-state index in [9.17, 15) is 13.2 Å². The van der Waals surface area contributed by atoms with Crippen LogP contribution in [0.15, 0.2) is 0 Å². The van der Waals surface area contributed by atoms with Crippen LogP contribution in [0.4, 0.5) is 13.2 Å². The van der Waals surface area contributed by atoms with Crippen LogP contribution in [-0.2, 0) is 4.74 Å². The highest BCUT2D eigenvalue weighted by atomic mass is 19.4. The molecule has 1 spiro atoms. The SMILES string of the molecule is NC1(C2CCOC3(CCC3)C2)CCC(C(F)(F)F)CC1. The Labute approximate surface area is 118 Å². The summed E-state index contributed by atoms with van der Waals surface area (Å²) in [6.07, 6.45) is 2.65. The van der Waals surface area contributed by atoms with Crippen LogP contribution in [0.25, 0.3) is 0 Å². The van der Waals surface area contributed by atoms with Gasteiger partial charge >= 0.3 is 6.18 Å². The smallest absolute Gasteiger partial charge is 0.375 e. The van der Waals surface area contributed by atoms with Crippen molar-refractivity contribution in [1.29, 1.82) is 0 Å². The number of nitrogens with two attached hydrogens (primary N) is 1. The zero-order chi connectivity index (χ0) is 14.4. The van der Waals surface area contributed by atoms with Crippen LogP contribution >= 0.6 is 0 Å². The molecular weight excluding hydrogens is 267 g/mol. The Balaban J connectivity index is 1.62. The summed E-state index contributed by atoms with van der Waals surface area (Å²) in [7, 11) is 0. The van der Waals surface area contributed by atoms with Gasteiger partial charge in [-0.15, -0.1) is 0 Å². The van der Waals surface area contributed by atoms with Crippen LogP contribution in [0.3, 0.4) is 0 Å². The van der Waals surface area contributed by atoms with E-state index in [-0.39, 0.29) is 18.4 Å². The molecule has 0 aromatic heterocycles. The van der Waals surface area contributed by atoms with Gasteiger partial charge in [-0.3, -0.25) is 0 Å². The quantitative estimate of drug-likeness (QED) is 0.798. The lowest BCUT2D eigenvalue weighted by Gasteiger charge is -2.53. The van der Waals surface area contributed by atoms with E-state index in [0.29, 0.717) is 18.8 Å². The van der Waals surface area contributed by atoms with Crippen molar-refractivity contribution in [3.63, 3.8) is 0 Å². The molecule has 1 atom stereocenters. The predicted octanol–water partition coefficient (Wildman–Crippen LogP) is 3.79. The van der Waals surface area contributed by atoms with E-state index in [1.807, 2.05) is 0 Å². The van der Waals surface area contributed by atoms with Crippen molar-refractivity contribution in [2.45, 2.75) is 75.1 Å². The molecule has 1 heterocycles. The van der Waals surface area contributed by atoms with Crippen molar-refractivity contribution in [2.24, 2.45) is 17.6 Å². The molecule has 1 saturated heterocycles. The third-order valence-electron chi connectivity index (χ3n) is 5.95. The number of hydrogen-bond acceptors (Lipinski definition) is 2. The third-order valence-corrected chi connectivity index (χ3v) is 5.95. The normalized spacial score (nSPS) is 41.4. The van der Waals surface area contributed by atoms with Crippen LogP contribution in [0.5, 0.6) is 0 Å². The fraction of sp³-hybridized carbons (Fsp3) is 1.00. The summed E-state index contributed by atoms with van der Waals surface area (Å²) in [6, 6.07) is 0. The highest BCUT2D eigenvalue weighted by Crippen LogP contribution is 2.50. The molecule has 0 bridgehead atoms. The van der Waals surface area contributed by atoms with Gasteiger partial charge in [-0.25, -0.2) is 0 Å². The molecule has 3 aliphatic rings. The van der Waals surface area contributed by atoms with E-state index in [0.717, 1.165) is 32.3 Å². The topological polar surface area (TPSA) is 35.2 Å². The first-order valence-corrected chi connectivity index (χ1v) is 7.83. The summed E-state index contributed by atoms with van der Waals surface area (Å²) >= 11 is 0. The Bertz CT molecular complexity index is 357. The van der Waals surface area contributed by atoms with E-state index in [1.54, 1.807) is 0 Å². The van der Waals surface area contributed by atoms with Crippen molar-refractivity contribution in [1.82, 2.24) is 0 Å². The van der Waals surface area contributed by atoms with E-state index in [4.69, 9.17) is 10.5 Å². The molecule has 0 aromatic carbocycles. The summed E-state index contributed by atoms with van der Waals surface area (Å²) in [5.74, 6) is -0.803. The molecule has 0 amide bonds. The summed E-state index contributed by atoms with van der Waals surface area (Å²) in [6.45, 7) is 0.728. The highest BCUT2D eigenvalue weighted by Gasteiger charge is 2.51. The number of alkyl halides is 3. The van der Waals surface area contributed by atoms with Crippen molar-refractivity contribution in [2.75, 3.05) is 6.61 Å². The molecule has 2 aliphatic carbocycles. The van der Waals surface area contributed by atoms with Crippen LogP contribution in [0, 0.1) is 11.8 Å². The fourth-order valence-electron chi connectivity index (χ4n) is 4.33. The molecule has 3 fully saturated rings. The molecule has 2 N–H and O–H groups in total. The first kappa shape index (κ1) is 14.6. The molecule has 5 heteroatoms. The summed E-state index contributed by atoms with van der Waals surface area (Å²) < 4.78 is 44.2. The van der Waals surface area contributed by atoms with Gasteiger partial charge in [-0.2, -0.15) is 13.2 Å². The molecule has 116 valence electrons. The summed E-state index contributed by atoms with van der Waals surface area (Å²) in [5.41, 5.74) is 6.15. The largest absolute Gasteiger partial charge is 0.391 e. The van der Waals surface area contributed by atoms with Gasteiger partial charge in [0, 0.05) is 12.1 Å². The maximum atomic E-state index is 12.8. The second-order valence-electron chi connectivity index (χ2n) is 7.12. The van der Waals surface area contributed by atoms with Crippen LogP contribution in [0.1, 0.15) is 57.8 Å². The van der Waals surface area contributed by atoms with Gasteiger partial charge in [0.1, 0.15) is 0 Å². The average molecular weight is 291 g/mol. The Hall–Kier alpha value is -0.290. The van der Waals surface area contributed by atoms with Gasteiger partial charge < -0.3 is 10.5 Å². The first-order chi connectivity index (χ1) is 9.33. The standard InChI is InChI=1S/C15H24F3NO/c16-15(17,18)11-2-7-14(19,8-3-11)12-4-9-20-13(10-12)5-1-6-13/h11-12H,1-10,19H2. The lowest BCUT2D eigenvalue weighted by Crippen LogP contribution is -2.57. The minimum atomic E-state index is -4.05. The molecular formula is C15H24F3NO. The molecule has 1 aliphatic heterocycles. The average Bonchev–Trinajstić information content (AvgIpc) is 2.36. The minimum absolute atomic E-state index is 0.0240. The number of rotatable bonds is 1. The zero-order valence-corrected chi connectivity index (χ0v) is 11.8. The van der Waals surface area contributed by atoms with E-state index in [1.165, 1.54) is 6.42 Å². The molecule has 20 heavy (non-hydrogen) atoms. The predicted molar refractivity (Wildman–Crippen MR) is 70.2 cm³/mol. The van der Waals surface area contributed by atoms with Crippen LogP contribution in [-0.4, -0.2) is 23.9 Å². The molecule has 1 unspecified atom stereocenters. The third kappa shape index (κ3) is 2.59. The highest BCUT2D eigenvalue weighted by molar-refractivity contribution is 5.03. The second-order valence-corrected chi connectivity index (χ2v) is 7.12. The minimum Gasteiger partial charge on any atom is -0.375 e. The first-order valence-electron chi connectivity index (χ1n) is 7.83. The van der Waals surface area contributed by atoms with Gasteiger partial charge in [-0.05, 0) is 63.7 Å². The Morgan fingerprint density at radius 3 is 2.15 bits per heavy atom. The molecule has 2 saturated carbocycles. The second kappa shape index (κ2) is 4.87. The summed E-state index contributed by atoms with van der Waals surface area (Å²) in [5, 5.41) is 0. The Morgan fingerprint density at radius 2 is 1.65 bits per heavy atom. The van der Waals surface area contributed by atoms with Crippen LogP contribution < -0.4 is 5.73 Å². The van der Waals surface area contributed by atoms with Crippen molar-refractivity contribution >= 4 is 0 Å². The number of hydrogen-bond donors (Lipinski definition) is 1. The maximum Gasteiger partial charge on any atom is 0.391 e. The number of ether oxygens (including phenoxy) is 1. The lowest BCUT2D eigenvalue weighted by molar-refractivity contribution is -0.190. The molecule has 2 nitrogen and oxygen atoms in total. The van der Waals surface area contributed by atoms with E-state index in [2.05, 4.69) is 0 Å². The van der Waals surface area contributed by atoms with Crippen molar-refractivity contribution in [3.05, 3.63) is 0 Å². The van der Waals surface area contributed by atoms with Gasteiger partial charge in [0.2, 0.25) is 0 Å². The van der Waals surface area contributed by atoms with Crippen molar-refractivity contribution < 1.29 is 17.9 Å². The monoisotopic (exact) mass is 291 g/mol. The molecule has 3 rings (SSSR count). The fourth-order valence-corrected chi connectivity index (χ4v) is 4.33. The maximum absolute atomic E-state index is 12.8. The van der Waals surface area contributed by atoms with Crippen molar-refractivity contribution in [3.8, 4) is 0 Å². The molecule has 0 aromatic rings. The molecule has 0 radical (unpaired) electrons. The zero-order valence-electron chi connectivity index (χ0n) is 11.8. The Kier molecular flexibility index (Phi) is 3.57. The Morgan fingerprint density at radius 1 is 1.00 bits per heavy atom. The van der Waals surface area contributed by atoms with Crippen LogP contribution in [0.2, 0.25) is 0 Å². The van der Waals surface area contributed by atoms with E-state index >= 15 is 0 Å². The van der Waals surface area contributed by atoms with Gasteiger partial charge in [0.15, 0.2) is 0 Å². The summed E-state index contributed by atoms with van der Waals surface area (Å²) in [4.78, 5) is 0. The van der Waals surface area contributed by atoms with Gasteiger partial charge in [0.05, 0.1) is 11.5 Å². The van der Waals surface area contributed by atoms with E-state index < -0.39 is 17.6 Å². The van der Waals surface area contributed by atoms with Gasteiger partial charge in [0.25, 0.3) is 0 Å². The van der Waals surface area contributed by atoms with Gasteiger partial charge in [-0.1, -0.05) is 0 Å². The number of halogens is 3. The lowest BCUT2D eigenvalue weighted by atomic mass is 9.62.